The molecule has 0 aliphatic heterocycles. The van der Waals surface area contributed by atoms with Gasteiger partial charge in [-0.05, 0) is 49.6 Å². The van der Waals surface area contributed by atoms with Crippen LogP contribution in [-0.4, -0.2) is 23.5 Å². The van der Waals surface area contributed by atoms with Crippen molar-refractivity contribution < 1.29 is 14.4 Å². The molecule has 0 bridgehead atoms. The van der Waals surface area contributed by atoms with Gasteiger partial charge in [0.05, 0.1) is 0 Å². The highest BCUT2D eigenvalue weighted by molar-refractivity contribution is 9.10. The topological polar surface area (TPSA) is 63.2 Å². The van der Waals surface area contributed by atoms with Crippen molar-refractivity contribution in [2.75, 3.05) is 0 Å². The van der Waals surface area contributed by atoms with Crippen LogP contribution in [0.2, 0.25) is 0 Å². The van der Waals surface area contributed by atoms with Crippen LogP contribution in [0, 0.1) is 19.8 Å². The molecule has 24 heavy (non-hydrogen) atoms. The zero-order valence-electron chi connectivity index (χ0n) is 14.2. The van der Waals surface area contributed by atoms with Gasteiger partial charge >= 0.3 is 0 Å². The molecule has 0 heterocycles. The van der Waals surface area contributed by atoms with Gasteiger partial charge in [-0.3, -0.25) is 14.4 Å². The molecule has 1 saturated carbocycles. The number of benzene rings is 1. The Morgan fingerprint density at radius 3 is 2.50 bits per heavy atom. The first-order valence-electron chi connectivity index (χ1n) is 7.99. The lowest BCUT2D eigenvalue weighted by molar-refractivity contribution is -0.128. The molecule has 0 aromatic heterocycles. The Balaban J connectivity index is 2.21. The third-order valence-corrected chi connectivity index (χ3v) is 4.94. The second kappa shape index (κ2) is 7.43. The Hall–Kier alpha value is -1.75. The molecule has 1 fully saturated rings. The van der Waals surface area contributed by atoms with E-state index in [0.717, 1.165) is 21.2 Å². The van der Waals surface area contributed by atoms with E-state index >= 15 is 0 Å². The summed E-state index contributed by atoms with van der Waals surface area (Å²) in [5.41, 5.74) is 2.62. The third kappa shape index (κ3) is 3.83. The van der Waals surface area contributed by atoms with Gasteiger partial charge in [-0.25, -0.2) is 0 Å². The maximum absolute atomic E-state index is 12.8. The SMILES string of the molecule is C=CC(C)NC(=O)CC1CC(=O)C(c2c(C)cc(Br)cc2C)C1=O. The molecule has 4 nitrogen and oxygen atoms in total. The van der Waals surface area contributed by atoms with Gasteiger partial charge in [0.25, 0.3) is 0 Å². The molecule has 0 saturated heterocycles. The zero-order valence-corrected chi connectivity index (χ0v) is 15.8. The Bertz CT molecular complexity index is 688. The number of rotatable bonds is 5. The van der Waals surface area contributed by atoms with Crippen molar-refractivity contribution in [3.63, 3.8) is 0 Å². The summed E-state index contributed by atoms with van der Waals surface area (Å²) in [6.45, 7) is 9.22. The number of carbonyl (C=O) groups excluding carboxylic acids is 3. The van der Waals surface area contributed by atoms with E-state index in [0.29, 0.717) is 0 Å². The third-order valence-electron chi connectivity index (χ3n) is 4.48. The van der Waals surface area contributed by atoms with Crippen molar-refractivity contribution in [1.82, 2.24) is 5.32 Å². The lowest BCUT2D eigenvalue weighted by Gasteiger charge is -2.16. The first kappa shape index (κ1) is 18.6. The molecule has 1 aromatic carbocycles. The molecule has 5 heteroatoms. The summed E-state index contributed by atoms with van der Waals surface area (Å²) in [5, 5.41) is 2.75. The van der Waals surface area contributed by atoms with E-state index in [4.69, 9.17) is 0 Å². The summed E-state index contributed by atoms with van der Waals surface area (Å²) < 4.78 is 0.925. The van der Waals surface area contributed by atoms with Gasteiger partial charge in [-0.1, -0.05) is 22.0 Å². The van der Waals surface area contributed by atoms with Crippen LogP contribution in [0.5, 0.6) is 0 Å². The normalized spacial score (nSPS) is 21.7. The largest absolute Gasteiger partial charge is 0.350 e. The fraction of sp³-hybridized carbons (Fsp3) is 0.421. The smallest absolute Gasteiger partial charge is 0.221 e. The standard InChI is InChI=1S/C19H22BrNO3/c1-5-12(4)21-16(23)9-13-8-15(22)18(19(13)24)17-10(2)6-14(20)7-11(17)3/h5-7,12-13,18H,1,8-9H2,2-4H3,(H,21,23). The molecule has 1 aliphatic carbocycles. The van der Waals surface area contributed by atoms with Gasteiger partial charge in [0.15, 0.2) is 5.78 Å². The Morgan fingerprint density at radius 1 is 1.38 bits per heavy atom. The second-order valence-corrected chi connectivity index (χ2v) is 7.37. The van der Waals surface area contributed by atoms with E-state index in [-0.39, 0.29) is 36.4 Å². The van der Waals surface area contributed by atoms with E-state index in [1.165, 1.54) is 0 Å². The molecule has 2 rings (SSSR count). The van der Waals surface area contributed by atoms with Crippen molar-refractivity contribution in [2.24, 2.45) is 5.92 Å². The van der Waals surface area contributed by atoms with Crippen LogP contribution in [0.25, 0.3) is 0 Å². The van der Waals surface area contributed by atoms with Crippen LogP contribution in [0.3, 0.4) is 0 Å². The average molecular weight is 392 g/mol. The van der Waals surface area contributed by atoms with E-state index in [1.54, 1.807) is 6.08 Å². The van der Waals surface area contributed by atoms with Crippen LogP contribution in [0.15, 0.2) is 29.3 Å². The minimum absolute atomic E-state index is 0.0495. The van der Waals surface area contributed by atoms with Crippen molar-refractivity contribution in [3.8, 4) is 0 Å². The van der Waals surface area contributed by atoms with E-state index < -0.39 is 11.8 Å². The maximum Gasteiger partial charge on any atom is 0.221 e. The molecule has 1 aliphatic rings. The minimum Gasteiger partial charge on any atom is -0.350 e. The number of hydrogen-bond donors (Lipinski definition) is 1. The summed E-state index contributed by atoms with van der Waals surface area (Å²) in [5.74, 6) is -1.74. The van der Waals surface area contributed by atoms with Crippen molar-refractivity contribution in [3.05, 3.63) is 46.0 Å². The first-order chi connectivity index (χ1) is 11.2. The highest BCUT2D eigenvalue weighted by Crippen LogP contribution is 2.38. The van der Waals surface area contributed by atoms with Crippen LogP contribution in [0.1, 0.15) is 42.4 Å². The first-order valence-corrected chi connectivity index (χ1v) is 8.78. The van der Waals surface area contributed by atoms with Gasteiger partial charge < -0.3 is 5.32 Å². The molecule has 0 spiro atoms. The number of aryl methyl sites for hydroxylation is 2. The number of nitrogens with one attached hydrogen (secondary N) is 1. The van der Waals surface area contributed by atoms with Gasteiger partial charge in [-0.2, -0.15) is 0 Å². The number of hydrogen-bond acceptors (Lipinski definition) is 3. The summed E-state index contributed by atoms with van der Waals surface area (Å²) in [6, 6.07) is 3.67. The lowest BCUT2D eigenvalue weighted by atomic mass is 9.87. The number of amides is 1. The molecular weight excluding hydrogens is 370 g/mol. The van der Waals surface area contributed by atoms with Crippen LogP contribution < -0.4 is 5.32 Å². The number of halogens is 1. The minimum atomic E-state index is -0.743. The predicted molar refractivity (Wildman–Crippen MR) is 96.9 cm³/mol. The average Bonchev–Trinajstić information content (AvgIpc) is 2.73. The second-order valence-electron chi connectivity index (χ2n) is 6.45. The fourth-order valence-corrected chi connectivity index (χ4v) is 3.99. The van der Waals surface area contributed by atoms with Gasteiger partial charge in [0.2, 0.25) is 5.91 Å². The fourth-order valence-electron chi connectivity index (χ4n) is 3.30. The highest BCUT2D eigenvalue weighted by Gasteiger charge is 2.43. The van der Waals surface area contributed by atoms with Crippen LogP contribution in [-0.2, 0) is 14.4 Å². The van der Waals surface area contributed by atoms with Crippen LogP contribution >= 0.6 is 15.9 Å². The van der Waals surface area contributed by atoms with Crippen molar-refractivity contribution >= 4 is 33.4 Å². The van der Waals surface area contributed by atoms with E-state index in [2.05, 4.69) is 27.8 Å². The Kier molecular flexibility index (Phi) is 5.75. The molecular formula is C19H22BrNO3. The monoisotopic (exact) mass is 391 g/mol. The van der Waals surface area contributed by atoms with E-state index in [1.807, 2.05) is 32.9 Å². The maximum atomic E-state index is 12.8. The zero-order chi connectivity index (χ0) is 18.0. The quantitative estimate of drug-likeness (QED) is 0.617. The summed E-state index contributed by atoms with van der Waals surface area (Å²) in [7, 11) is 0. The molecule has 1 amide bonds. The number of carbonyl (C=O) groups is 3. The summed E-state index contributed by atoms with van der Waals surface area (Å²) >= 11 is 3.43. The highest BCUT2D eigenvalue weighted by atomic mass is 79.9. The van der Waals surface area contributed by atoms with Crippen molar-refractivity contribution in [2.45, 2.75) is 45.6 Å². The number of ketones is 2. The summed E-state index contributed by atoms with van der Waals surface area (Å²) in [6.07, 6.45) is 1.80. The molecule has 0 radical (unpaired) electrons. The van der Waals surface area contributed by atoms with E-state index in [9.17, 15) is 14.4 Å². The molecule has 1 aromatic rings. The van der Waals surface area contributed by atoms with Crippen LogP contribution in [0.4, 0.5) is 0 Å². The van der Waals surface area contributed by atoms with Gasteiger partial charge in [0.1, 0.15) is 11.7 Å². The summed E-state index contributed by atoms with van der Waals surface area (Å²) in [4.78, 5) is 37.2. The van der Waals surface area contributed by atoms with Gasteiger partial charge in [0, 0.05) is 29.3 Å². The molecule has 128 valence electrons. The predicted octanol–water partition coefficient (Wildman–Crippen LogP) is 3.39. The molecule has 3 unspecified atom stereocenters. The molecule has 3 atom stereocenters. The Labute approximate surface area is 150 Å². The van der Waals surface area contributed by atoms with Crippen molar-refractivity contribution in [1.29, 1.82) is 0 Å². The molecule has 1 N–H and O–H groups in total. The Morgan fingerprint density at radius 2 is 1.96 bits per heavy atom. The van der Waals surface area contributed by atoms with Gasteiger partial charge in [-0.15, -0.1) is 6.58 Å². The lowest BCUT2D eigenvalue weighted by Crippen LogP contribution is -2.33. The number of Topliss-reactive ketones (excluding diaryl/α,β-unsaturated/α-hetero) is 2.